The van der Waals surface area contributed by atoms with Crippen LogP contribution in [0.15, 0.2) is 36.7 Å². The fourth-order valence-corrected chi connectivity index (χ4v) is 2.24. The Morgan fingerprint density at radius 1 is 1.43 bits per heavy atom. The van der Waals surface area contributed by atoms with Gasteiger partial charge in [0.25, 0.3) is 0 Å². The fraction of sp³-hybridized carbons (Fsp3) is 0.267. The zero-order valence-corrected chi connectivity index (χ0v) is 11.6. The summed E-state index contributed by atoms with van der Waals surface area (Å²) in [5, 5.41) is 3.13. The first-order valence-electron chi connectivity index (χ1n) is 6.65. The summed E-state index contributed by atoms with van der Waals surface area (Å²) in [7, 11) is 1.31. The Hall–Kier alpha value is -2.63. The Morgan fingerprint density at radius 2 is 2.29 bits per heavy atom. The van der Waals surface area contributed by atoms with E-state index in [0.29, 0.717) is 12.4 Å². The van der Waals surface area contributed by atoms with E-state index in [1.54, 1.807) is 6.20 Å². The first-order chi connectivity index (χ1) is 10.3. The Labute approximate surface area is 122 Å². The summed E-state index contributed by atoms with van der Waals surface area (Å²) in [6.07, 6.45) is 3.84. The molecule has 1 aliphatic heterocycles. The molecule has 1 N–H and O–H groups in total. The molecule has 108 valence electrons. The molecule has 3 rings (SSSR count). The van der Waals surface area contributed by atoms with Gasteiger partial charge in [0, 0.05) is 6.42 Å². The zero-order chi connectivity index (χ0) is 14.7. The van der Waals surface area contributed by atoms with E-state index in [1.165, 1.54) is 18.9 Å². The number of hydrogen-bond donors (Lipinski definition) is 1. The van der Waals surface area contributed by atoms with Crippen molar-refractivity contribution in [3.8, 4) is 5.75 Å². The molecule has 1 aliphatic rings. The molecule has 0 amide bonds. The van der Waals surface area contributed by atoms with Crippen molar-refractivity contribution in [2.75, 3.05) is 19.0 Å². The average Bonchev–Trinajstić information content (AvgIpc) is 2.95. The van der Waals surface area contributed by atoms with Gasteiger partial charge in [-0.2, -0.15) is 0 Å². The number of carbonyl (C=O) groups is 1. The van der Waals surface area contributed by atoms with E-state index in [2.05, 4.69) is 26.1 Å². The first kappa shape index (κ1) is 13.4. The van der Waals surface area contributed by atoms with Crippen molar-refractivity contribution in [1.29, 1.82) is 0 Å². The number of ether oxygens (including phenoxy) is 2. The third kappa shape index (κ3) is 2.94. The smallest absolute Gasteiger partial charge is 0.358 e. The first-order valence-corrected chi connectivity index (χ1v) is 6.65. The lowest BCUT2D eigenvalue weighted by Crippen LogP contribution is -2.24. The standard InChI is InChI=1S/C15H15N3O3/c1-20-15(19)12-8-16-9-14(18-12)17-7-11-6-10-4-2-3-5-13(10)21-11/h2-5,8-9,11H,6-7H2,1H3,(H,17,18). The van der Waals surface area contributed by atoms with Gasteiger partial charge in [-0.15, -0.1) is 0 Å². The second-order valence-electron chi connectivity index (χ2n) is 4.71. The highest BCUT2D eigenvalue weighted by atomic mass is 16.5. The summed E-state index contributed by atoms with van der Waals surface area (Å²) in [5.74, 6) is 0.951. The number of hydrogen-bond acceptors (Lipinski definition) is 6. The molecular weight excluding hydrogens is 270 g/mol. The van der Waals surface area contributed by atoms with Gasteiger partial charge < -0.3 is 14.8 Å². The van der Waals surface area contributed by atoms with E-state index in [-0.39, 0.29) is 11.8 Å². The van der Waals surface area contributed by atoms with E-state index < -0.39 is 5.97 Å². The van der Waals surface area contributed by atoms with Gasteiger partial charge >= 0.3 is 5.97 Å². The second-order valence-corrected chi connectivity index (χ2v) is 4.71. The van der Waals surface area contributed by atoms with Crippen LogP contribution in [0.5, 0.6) is 5.75 Å². The molecule has 0 fully saturated rings. The van der Waals surface area contributed by atoms with Crippen LogP contribution < -0.4 is 10.1 Å². The number of nitrogens with zero attached hydrogens (tertiary/aromatic N) is 2. The maximum absolute atomic E-state index is 11.4. The van der Waals surface area contributed by atoms with E-state index in [4.69, 9.17) is 4.74 Å². The molecule has 6 heteroatoms. The highest BCUT2D eigenvalue weighted by Crippen LogP contribution is 2.28. The molecule has 1 aromatic heterocycles. The van der Waals surface area contributed by atoms with Crippen LogP contribution in [0.3, 0.4) is 0 Å². The number of para-hydroxylation sites is 1. The third-order valence-corrected chi connectivity index (χ3v) is 3.25. The number of carbonyl (C=O) groups excluding carboxylic acids is 1. The van der Waals surface area contributed by atoms with Crippen LogP contribution in [0.2, 0.25) is 0 Å². The Bertz CT molecular complexity index is 635. The van der Waals surface area contributed by atoms with Gasteiger partial charge in [0.2, 0.25) is 0 Å². The lowest BCUT2D eigenvalue weighted by molar-refractivity contribution is 0.0593. The van der Waals surface area contributed by atoms with Crippen molar-refractivity contribution >= 4 is 11.8 Å². The number of esters is 1. The number of methoxy groups -OCH3 is 1. The Kier molecular flexibility index (Phi) is 3.68. The van der Waals surface area contributed by atoms with E-state index in [9.17, 15) is 4.79 Å². The molecular formula is C15H15N3O3. The Morgan fingerprint density at radius 3 is 3.10 bits per heavy atom. The quantitative estimate of drug-likeness (QED) is 0.862. The maximum Gasteiger partial charge on any atom is 0.358 e. The van der Waals surface area contributed by atoms with Crippen LogP contribution in [0.4, 0.5) is 5.82 Å². The minimum Gasteiger partial charge on any atom is -0.488 e. The van der Waals surface area contributed by atoms with Crippen molar-refractivity contribution in [3.05, 3.63) is 47.9 Å². The van der Waals surface area contributed by atoms with Crippen molar-refractivity contribution in [2.45, 2.75) is 12.5 Å². The number of rotatable bonds is 4. The highest BCUT2D eigenvalue weighted by Gasteiger charge is 2.22. The van der Waals surface area contributed by atoms with E-state index in [0.717, 1.165) is 12.2 Å². The van der Waals surface area contributed by atoms with Crippen molar-refractivity contribution in [1.82, 2.24) is 9.97 Å². The van der Waals surface area contributed by atoms with Gasteiger partial charge in [0.15, 0.2) is 5.69 Å². The van der Waals surface area contributed by atoms with Gasteiger partial charge in [0.1, 0.15) is 17.7 Å². The van der Waals surface area contributed by atoms with Crippen molar-refractivity contribution in [2.24, 2.45) is 0 Å². The van der Waals surface area contributed by atoms with Crippen LogP contribution in [-0.2, 0) is 11.2 Å². The van der Waals surface area contributed by atoms with Crippen LogP contribution in [0.1, 0.15) is 16.1 Å². The summed E-state index contributed by atoms with van der Waals surface area (Å²) in [5.41, 5.74) is 1.39. The predicted octanol–water partition coefficient (Wildman–Crippen LogP) is 1.68. The van der Waals surface area contributed by atoms with Crippen molar-refractivity contribution < 1.29 is 14.3 Å². The van der Waals surface area contributed by atoms with Gasteiger partial charge in [-0.25, -0.2) is 9.78 Å². The molecule has 0 spiro atoms. The third-order valence-electron chi connectivity index (χ3n) is 3.25. The molecule has 1 unspecified atom stereocenters. The normalized spacial score (nSPS) is 16.0. The molecule has 0 radical (unpaired) electrons. The van der Waals surface area contributed by atoms with Crippen LogP contribution in [0, 0.1) is 0 Å². The number of benzene rings is 1. The summed E-state index contributed by atoms with van der Waals surface area (Å²) < 4.78 is 10.4. The molecule has 2 heterocycles. The number of anilines is 1. The van der Waals surface area contributed by atoms with E-state index in [1.807, 2.05) is 18.2 Å². The minimum atomic E-state index is -0.504. The van der Waals surface area contributed by atoms with Crippen LogP contribution in [-0.4, -0.2) is 35.7 Å². The largest absolute Gasteiger partial charge is 0.488 e. The zero-order valence-electron chi connectivity index (χ0n) is 11.6. The van der Waals surface area contributed by atoms with Crippen LogP contribution in [0.25, 0.3) is 0 Å². The van der Waals surface area contributed by atoms with Gasteiger partial charge in [0.05, 0.1) is 26.0 Å². The summed E-state index contributed by atoms with van der Waals surface area (Å²) in [6, 6.07) is 7.99. The van der Waals surface area contributed by atoms with E-state index >= 15 is 0 Å². The molecule has 1 atom stereocenters. The van der Waals surface area contributed by atoms with Gasteiger partial charge in [-0.1, -0.05) is 18.2 Å². The summed E-state index contributed by atoms with van der Waals surface area (Å²) in [6.45, 7) is 0.591. The fourth-order valence-electron chi connectivity index (χ4n) is 2.24. The lowest BCUT2D eigenvalue weighted by Gasteiger charge is -2.12. The molecule has 0 saturated heterocycles. The minimum absolute atomic E-state index is 0.0472. The number of aromatic nitrogens is 2. The molecule has 6 nitrogen and oxygen atoms in total. The predicted molar refractivity (Wildman–Crippen MR) is 76.4 cm³/mol. The van der Waals surface area contributed by atoms with Gasteiger partial charge in [-0.3, -0.25) is 4.98 Å². The number of fused-ring (bicyclic) bond motifs is 1. The SMILES string of the molecule is COC(=O)c1cncc(NCC2Cc3ccccc3O2)n1. The molecule has 1 aromatic carbocycles. The van der Waals surface area contributed by atoms with Gasteiger partial charge in [-0.05, 0) is 11.6 Å². The lowest BCUT2D eigenvalue weighted by atomic mass is 10.1. The molecule has 0 saturated carbocycles. The monoisotopic (exact) mass is 285 g/mol. The maximum atomic E-state index is 11.4. The topological polar surface area (TPSA) is 73.3 Å². The number of nitrogens with one attached hydrogen (secondary N) is 1. The van der Waals surface area contributed by atoms with Crippen molar-refractivity contribution in [3.63, 3.8) is 0 Å². The molecule has 0 bridgehead atoms. The molecule has 2 aromatic rings. The summed E-state index contributed by atoms with van der Waals surface area (Å²) in [4.78, 5) is 19.5. The molecule has 21 heavy (non-hydrogen) atoms. The Balaban J connectivity index is 1.61. The second kappa shape index (κ2) is 5.78. The highest BCUT2D eigenvalue weighted by molar-refractivity contribution is 5.87. The summed E-state index contributed by atoms with van der Waals surface area (Å²) >= 11 is 0. The average molecular weight is 285 g/mol. The molecule has 0 aliphatic carbocycles. The van der Waals surface area contributed by atoms with Crippen LogP contribution >= 0.6 is 0 Å².